The van der Waals surface area contributed by atoms with E-state index in [9.17, 15) is 4.79 Å². The second-order valence-corrected chi connectivity index (χ2v) is 4.90. The first-order chi connectivity index (χ1) is 8.68. The molecule has 4 nitrogen and oxygen atoms in total. The van der Waals surface area contributed by atoms with Crippen molar-refractivity contribution in [3.8, 4) is 0 Å². The summed E-state index contributed by atoms with van der Waals surface area (Å²) in [6, 6.07) is 5.78. The Morgan fingerprint density at radius 2 is 2.06 bits per heavy atom. The minimum absolute atomic E-state index is 0.0905. The third kappa shape index (κ3) is 3.07. The van der Waals surface area contributed by atoms with Crippen molar-refractivity contribution in [2.24, 2.45) is 0 Å². The standard InChI is InChI=1S/C14H21N3O/c1-11(13-7-3-4-8-15-13)16-12(2)14(18)17-9-5-6-10-17/h3-4,7-8,11-12,16H,5-6,9-10H2,1-2H3/t11-,12?/m1/s1. The molecule has 4 heteroatoms. The largest absolute Gasteiger partial charge is 0.341 e. The first-order valence-corrected chi connectivity index (χ1v) is 6.64. The van der Waals surface area contributed by atoms with Crippen molar-refractivity contribution < 1.29 is 4.79 Å². The molecular formula is C14H21N3O. The lowest BCUT2D eigenvalue weighted by Gasteiger charge is -2.24. The van der Waals surface area contributed by atoms with Gasteiger partial charge in [-0.2, -0.15) is 0 Å². The van der Waals surface area contributed by atoms with E-state index in [0.29, 0.717) is 0 Å². The van der Waals surface area contributed by atoms with Crippen LogP contribution in [-0.2, 0) is 4.79 Å². The van der Waals surface area contributed by atoms with E-state index < -0.39 is 0 Å². The number of rotatable bonds is 4. The molecule has 18 heavy (non-hydrogen) atoms. The number of amides is 1. The third-order valence-corrected chi connectivity index (χ3v) is 3.42. The summed E-state index contributed by atoms with van der Waals surface area (Å²) in [6.07, 6.45) is 4.04. The predicted molar refractivity (Wildman–Crippen MR) is 71.1 cm³/mol. The molecule has 2 atom stereocenters. The highest BCUT2D eigenvalue weighted by atomic mass is 16.2. The molecule has 0 bridgehead atoms. The summed E-state index contributed by atoms with van der Waals surface area (Å²) in [5.74, 6) is 0.204. The van der Waals surface area contributed by atoms with Crippen LogP contribution in [0.1, 0.15) is 38.4 Å². The second-order valence-electron chi connectivity index (χ2n) is 4.90. The Labute approximate surface area is 108 Å². The van der Waals surface area contributed by atoms with Gasteiger partial charge in [-0.3, -0.25) is 15.1 Å². The minimum Gasteiger partial charge on any atom is -0.341 e. The van der Waals surface area contributed by atoms with Crippen LogP contribution in [0.25, 0.3) is 0 Å². The van der Waals surface area contributed by atoms with Crippen LogP contribution in [-0.4, -0.2) is 34.9 Å². The van der Waals surface area contributed by atoms with E-state index in [1.165, 1.54) is 0 Å². The zero-order valence-corrected chi connectivity index (χ0v) is 11.1. The highest BCUT2D eigenvalue weighted by Gasteiger charge is 2.24. The van der Waals surface area contributed by atoms with Crippen LogP contribution >= 0.6 is 0 Å². The van der Waals surface area contributed by atoms with Crippen LogP contribution in [0.2, 0.25) is 0 Å². The molecule has 98 valence electrons. The number of aromatic nitrogens is 1. The van der Waals surface area contributed by atoms with Crippen LogP contribution in [0, 0.1) is 0 Å². The van der Waals surface area contributed by atoms with Crippen molar-refractivity contribution in [3.63, 3.8) is 0 Å². The lowest BCUT2D eigenvalue weighted by molar-refractivity contribution is -0.132. The number of carbonyl (C=O) groups is 1. The fraction of sp³-hybridized carbons (Fsp3) is 0.571. The lowest BCUT2D eigenvalue weighted by Crippen LogP contribution is -2.44. The number of likely N-dealkylation sites (tertiary alicyclic amines) is 1. The summed E-state index contributed by atoms with van der Waals surface area (Å²) in [6.45, 7) is 5.78. The molecule has 1 unspecified atom stereocenters. The van der Waals surface area contributed by atoms with Gasteiger partial charge in [-0.05, 0) is 38.8 Å². The molecular weight excluding hydrogens is 226 g/mol. The maximum atomic E-state index is 12.2. The van der Waals surface area contributed by atoms with Gasteiger partial charge in [0, 0.05) is 25.3 Å². The molecule has 1 aliphatic heterocycles. The second kappa shape index (κ2) is 5.96. The Balaban J connectivity index is 1.90. The van der Waals surface area contributed by atoms with Crippen molar-refractivity contribution >= 4 is 5.91 Å². The topological polar surface area (TPSA) is 45.2 Å². The number of hydrogen-bond acceptors (Lipinski definition) is 3. The van der Waals surface area contributed by atoms with Crippen molar-refractivity contribution in [1.29, 1.82) is 0 Å². The first kappa shape index (κ1) is 13.0. The number of carbonyl (C=O) groups excluding carboxylic acids is 1. The molecule has 2 heterocycles. The molecule has 0 spiro atoms. The van der Waals surface area contributed by atoms with Crippen LogP contribution in [0.15, 0.2) is 24.4 Å². The molecule has 0 aromatic carbocycles. The molecule has 1 aliphatic rings. The number of nitrogens with one attached hydrogen (secondary N) is 1. The van der Waals surface area contributed by atoms with E-state index in [0.717, 1.165) is 31.6 Å². The summed E-state index contributed by atoms with van der Waals surface area (Å²) in [4.78, 5) is 18.4. The summed E-state index contributed by atoms with van der Waals surface area (Å²) in [7, 11) is 0. The van der Waals surface area contributed by atoms with E-state index in [4.69, 9.17) is 0 Å². The van der Waals surface area contributed by atoms with Gasteiger partial charge >= 0.3 is 0 Å². The Morgan fingerprint density at radius 1 is 1.33 bits per heavy atom. The maximum absolute atomic E-state index is 12.2. The summed E-state index contributed by atoms with van der Waals surface area (Å²) < 4.78 is 0. The Kier molecular flexibility index (Phi) is 4.31. The molecule has 2 rings (SSSR count). The Morgan fingerprint density at radius 3 is 2.67 bits per heavy atom. The SMILES string of the molecule is CC(N[C@H](C)c1ccccn1)C(=O)N1CCCC1. The number of nitrogens with zero attached hydrogens (tertiary/aromatic N) is 2. The van der Waals surface area contributed by atoms with Gasteiger partial charge in [0.1, 0.15) is 0 Å². The summed E-state index contributed by atoms with van der Waals surface area (Å²) >= 11 is 0. The van der Waals surface area contributed by atoms with Crippen molar-refractivity contribution in [2.45, 2.75) is 38.8 Å². The quantitative estimate of drug-likeness (QED) is 0.881. The zero-order chi connectivity index (χ0) is 13.0. The predicted octanol–water partition coefficient (Wildman–Crippen LogP) is 1.74. The fourth-order valence-corrected chi connectivity index (χ4v) is 2.38. The maximum Gasteiger partial charge on any atom is 0.239 e. The van der Waals surface area contributed by atoms with Crippen LogP contribution in [0.3, 0.4) is 0 Å². The van der Waals surface area contributed by atoms with Gasteiger partial charge in [0.2, 0.25) is 5.91 Å². The Bertz CT molecular complexity index is 387. The number of hydrogen-bond donors (Lipinski definition) is 1. The van der Waals surface area contributed by atoms with E-state index in [2.05, 4.69) is 10.3 Å². The van der Waals surface area contributed by atoms with Gasteiger partial charge in [-0.1, -0.05) is 6.07 Å². The van der Waals surface area contributed by atoms with Gasteiger partial charge in [-0.15, -0.1) is 0 Å². The average Bonchev–Trinajstić information content (AvgIpc) is 2.92. The fourth-order valence-electron chi connectivity index (χ4n) is 2.38. The lowest BCUT2D eigenvalue weighted by atomic mass is 10.2. The van der Waals surface area contributed by atoms with E-state index in [1.54, 1.807) is 6.20 Å². The van der Waals surface area contributed by atoms with Gasteiger partial charge in [0.15, 0.2) is 0 Å². The van der Waals surface area contributed by atoms with Gasteiger partial charge < -0.3 is 4.90 Å². The summed E-state index contributed by atoms with van der Waals surface area (Å²) in [5.41, 5.74) is 0.971. The van der Waals surface area contributed by atoms with Gasteiger partial charge in [0.25, 0.3) is 0 Å². The molecule has 1 aromatic heterocycles. The molecule has 1 aromatic rings. The average molecular weight is 247 g/mol. The third-order valence-electron chi connectivity index (χ3n) is 3.42. The van der Waals surface area contributed by atoms with Gasteiger partial charge in [-0.25, -0.2) is 0 Å². The monoisotopic (exact) mass is 247 g/mol. The van der Waals surface area contributed by atoms with Crippen LogP contribution in [0.4, 0.5) is 0 Å². The minimum atomic E-state index is -0.153. The Hall–Kier alpha value is -1.42. The molecule has 1 saturated heterocycles. The highest BCUT2D eigenvalue weighted by Crippen LogP contribution is 2.12. The number of pyridine rings is 1. The van der Waals surface area contributed by atoms with Crippen LogP contribution in [0.5, 0.6) is 0 Å². The molecule has 1 fully saturated rings. The van der Waals surface area contributed by atoms with Crippen LogP contribution < -0.4 is 5.32 Å². The molecule has 1 amide bonds. The molecule has 1 N–H and O–H groups in total. The van der Waals surface area contributed by atoms with Gasteiger partial charge in [0.05, 0.1) is 11.7 Å². The van der Waals surface area contributed by atoms with Crippen molar-refractivity contribution in [1.82, 2.24) is 15.2 Å². The highest BCUT2D eigenvalue weighted by molar-refractivity contribution is 5.81. The van der Waals surface area contributed by atoms with E-state index >= 15 is 0 Å². The normalized spacial score (nSPS) is 18.7. The zero-order valence-electron chi connectivity index (χ0n) is 11.1. The molecule has 0 radical (unpaired) electrons. The first-order valence-electron chi connectivity index (χ1n) is 6.64. The summed E-state index contributed by atoms with van der Waals surface area (Å²) in [5, 5.41) is 3.32. The van der Waals surface area contributed by atoms with Crippen molar-refractivity contribution in [2.75, 3.05) is 13.1 Å². The van der Waals surface area contributed by atoms with E-state index in [1.807, 2.05) is 36.9 Å². The molecule has 0 aliphatic carbocycles. The molecule has 0 saturated carbocycles. The van der Waals surface area contributed by atoms with E-state index in [-0.39, 0.29) is 18.0 Å². The smallest absolute Gasteiger partial charge is 0.239 e. The van der Waals surface area contributed by atoms with Crippen molar-refractivity contribution in [3.05, 3.63) is 30.1 Å².